The number of aromatic nitrogens is 2. The van der Waals surface area contributed by atoms with Gasteiger partial charge in [-0.2, -0.15) is 4.98 Å². The number of amides is 1. The van der Waals surface area contributed by atoms with Gasteiger partial charge >= 0.3 is 11.9 Å². The third-order valence-electron chi connectivity index (χ3n) is 4.58. The molecular weight excluding hydrogens is 436 g/mol. The van der Waals surface area contributed by atoms with Gasteiger partial charge in [0.25, 0.3) is 5.91 Å². The first-order chi connectivity index (χ1) is 15.2. The van der Waals surface area contributed by atoms with Crippen molar-refractivity contribution in [3.8, 4) is 0 Å². The van der Waals surface area contributed by atoms with E-state index in [-0.39, 0.29) is 53.3 Å². The molecule has 0 saturated heterocycles. The number of esters is 2. The molecule has 0 radical (unpaired) electrons. The molecule has 3 N–H and O–H groups in total. The molecule has 0 aliphatic carbocycles. The van der Waals surface area contributed by atoms with E-state index in [9.17, 15) is 14.4 Å². The number of nitrogens with zero attached hydrogens (tertiary/aromatic N) is 2. The Morgan fingerprint density at radius 3 is 2.62 bits per heavy atom. The summed E-state index contributed by atoms with van der Waals surface area (Å²) >= 11 is 1.28. The van der Waals surface area contributed by atoms with Gasteiger partial charge in [-0.25, -0.2) is 14.6 Å². The molecule has 3 heterocycles. The van der Waals surface area contributed by atoms with E-state index < -0.39 is 18.0 Å². The minimum absolute atomic E-state index is 0.00681. The molecule has 3 aromatic heterocycles. The van der Waals surface area contributed by atoms with Crippen molar-refractivity contribution >= 4 is 46.1 Å². The molecule has 1 atom stereocenters. The fraction of sp³-hybridized carbons (Fsp3) is 0.381. The number of carbonyl (C=O) groups excluding carboxylic acids is 3. The lowest BCUT2D eigenvalue weighted by Gasteiger charge is -2.20. The molecule has 1 unspecified atom stereocenters. The molecule has 11 heteroatoms. The fourth-order valence-corrected chi connectivity index (χ4v) is 3.67. The molecule has 0 aromatic carbocycles. The van der Waals surface area contributed by atoms with Gasteiger partial charge in [-0.15, -0.1) is 11.3 Å². The average Bonchev–Trinajstić information content (AvgIpc) is 3.37. The van der Waals surface area contributed by atoms with E-state index in [2.05, 4.69) is 15.3 Å². The number of carbonyl (C=O) groups is 3. The summed E-state index contributed by atoms with van der Waals surface area (Å²) in [5.41, 5.74) is 6.28. The Kier molecular flexibility index (Phi) is 7.08. The van der Waals surface area contributed by atoms with E-state index in [1.54, 1.807) is 45.2 Å². The Balaban J connectivity index is 1.75. The Hall–Kier alpha value is -3.47. The molecular formula is C21H24N4O6S. The first-order valence-electron chi connectivity index (χ1n) is 9.96. The molecule has 1 amide bonds. The number of nitrogen functional groups attached to an aromatic ring is 1. The Labute approximate surface area is 188 Å². The van der Waals surface area contributed by atoms with Crippen molar-refractivity contribution in [1.29, 1.82) is 0 Å². The van der Waals surface area contributed by atoms with Crippen LogP contribution in [0.4, 0.5) is 5.82 Å². The van der Waals surface area contributed by atoms with Crippen LogP contribution in [0.25, 0.3) is 11.1 Å². The summed E-state index contributed by atoms with van der Waals surface area (Å²) in [4.78, 5) is 46.0. The van der Waals surface area contributed by atoms with E-state index in [4.69, 9.17) is 19.6 Å². The second-order valence-electron chi connectivity index (χ2n) is 7.24. The van der Waals surface area contributed by atoms with Crippen LogP contribution in [-0.4, -0.2) is 40.5 Å². The zero-order chi connectivity index (χ0) is 23.4. The summed E-state index contributed by atoms with van der Waals surface area (Å²) in [7, 11) is 0. The zero-order valence-corrected chi connectivity index (χ0v) is 18.9. The predicted octanol–water partition coefficient (Wildman–Crippen LogP) is 2.85. The van der Waals surface area contributed by atoms with Crippen molar-refractivity contribution in [2.75, 3.05) is 12.3 Å². The molecule has 3 aromatic rings. The lowest BCUT2D eigenvalue weighted by atomic mass is 10.0. The maximum Gasteiger partial charge on any atom is 0.342 e. The summed E-state index contributed by atoms with van der Waals surface area (Å²) in [6, 6.07) is 2.57. The number of thiophene rings is 1. The molecule has 3 rings (SSSR count). The van der Waals surface area contributed by atoms with Gasteiger partial charge < -0.3 is 24.9 Å². The topological polar surface area (TPSA) is 147 Å². The van der Waals surface area contributed by atoms with Crippen molar-refractivity contribution in [1.82, 2.24) is 15.3 Å². The van der Waals surface area contributed by atoms with Gasteiger partial charge in [0, 0.05) is 0 Å². The second kappa shape index (κ2) is 9.77. The van der Waals surface area contributed by atoms with E-state index >= 15 is 0 Å². The van der Waals surface area contributed by atoms with Crippen LogP contribution in [0.2, 0.25) is 0 Å². The second-order valence-corrected chi connectivity index (χ2v) is 8.19. The van der Waals surface area contributed by atoms with Crippen LogP contribution < -0.4 is 11.1 Å². The molecule has 32 heavy (non-hydrogen) atoms. The third kappa shape index (κ3) is 4.88. The lowest BCUT2D eigenvalue weighted by Crippen LogP contribution is -2.45. The molecule has 170 valence electrons. The van der Waals surface area contributed by atoms with Crippen molar-refractivity contribution < 1.29 is 28.3 Å². The molecule has 0 aliphatic heterocycles. The maximum atomic E-state index is 12.6. The minimum atomic E-state index is -0.855. The predicted molar refractivity (Wildman–Crippen MR) is 117 cm³/mol. The average molecular weight is 461 g/mol. The summed E-state index contributed by atoms with van der Waals surface area (Å²) in [6.45, 7) is 6.78. The first-order valence-corrected chi connectivity index (χ1v) is 10.8. The molecule has 0 aliphatic rings. The van der Waals surface area contributed by atoms with E-state index in [0.29, 0.717) is 10.6 Å². The number of nitrogens with one attached hydrogen (secondary N) is 1. The Bertz CT molecular complexity index is 1140. The van der Waals surface area contributed by atoms with Crippen molar-refractivity contribution in [2.24, 2.45) is 5.92 Å². The van der Waals surface area contributed by atoms with Gasteiger partial charge in [-0.3, -0.25) is 4.79 Å². The molecule has 0 bridgehead atoms. The van der Waals surface area contributed by atoms with Crippen molar-refractivity contribution in [3.05, 3.63) is 39.5 Å². The number of fused-ring (bicyclic) bond motifs is 1. The standard InChI is InChI=1S/C21H24N4O6S/c1-5-29-20(27)14-11(4)31-19-15(14)17(22)23-13(24-19)9-30-21(28)16(10(2)3)25-18(26)12-7-6-8-32-12/h6-8,10,16H,5,9H2,1-4H3,(H,25,26)(H2,22,23,24). The number of rotatable bonds is 8. The van der Waals surface area contributed by atoms with E-state index in [1.165, 1.54) is 11.3 Å². The van der Waals surface area contributed by atoms with E-state index in [0.717, 1.165) is 0 Å². The number of furan rings is 1. The number of ether oxygens (including phenoxy) is 2. The monoisotopic (exact) mass is 460 g/mol. The summed E-state index contributed by atoms with van der Waals surface area (Å²) in [6.07, 6.45) is 0. The molecule has 0 fully saturated rings. The van der Waals surface area contributed by atoms with Crippen LogP contribution in [0, 0.1) is 12.8 Å². The number of hydrogen-bond donors (Lipinski definition) is 2. The van der Waals surface area contributed by atoms with Crippen LogP contribution in [0.5, 0.6) is 0 Å². The van der Waals surface area contributed by atoms with E-state index in [1.807, 2.05) is 0 Å². The highest BCUT2D eigenvalue weighted by atomic mass is 32.1. The normalized spacial score (nSPS) is 12.0. The minimum Gasteiger partial charge on any atom is -0.462 e. The van der Waals surface area contributed by atoms with Crippen LogP contribution in [0.15, 0.2) is 21.9 Å². The Morgan fingerprint density at radius 1 is 1.25 bits per heavy atom. The number of hydrogen-bond acceptors (Lipinski definition) is 10. The first kappa shape index (κ1) is 23.2. The molecule has 10 nitrogen and oxygen atoms in total. The third-order valence-corrected chi connectivity index (χ3v) is 5.45. The van der Waals surface area contributed by atoms with Gasteiger partial charge in [0.2, 0.25) is 5.71 Å². The van der Waals surface area contributed by atoms with Crippen molar-refractivity contribution in [3.63, 3.8) is 0 Å². The maximum absolute atomic E-state index is 12.6. The highest BCUT2D eigenvalue weighted by Crippen LogP contribution is 2.29. The van der Waals surface area contributed by atoms with Crippen LogP contribution in [0.1, 0.15) is 52.4 Å². The van der Waals surface area contributed by atoms with Crippen LogP contribution >= 0.6 is 11.3 Å². The number of anilines is 1. The summed E-state index contributed by atoms with van der Waals surface area (Å²) < 4.78 is 15.9. The number of nitrogens with two attached hydrogens (primary N) is 1. The lowest BCUT2D eigenvalue weighted by molar-refractivity contribution is -0.148. The SMILES string of the molecule is CCOC(=O)c1c(C)oc2nc(COC(=O)C(NC(=O)c3cccs3)C(C)C)nc(N)c12. The fourth-order valence-electron chi connectivity index (χ4n) is 3.04. The zero-order valence-electron chi connectivity index (χ0n) is 18.1. The van der Waals surface area contributed by atoms with Gasteiger partial charge in [0.1, 0.15) is 23.2 Å². The van der Waals surface area contributed by atoms with Gasteiger partial charge in [0.15, 0.2) is 12.4 Å². The summed E-state index contributed by atoms with van der Waals surface area (Å²) in [5.74, 6) is -1.37. The van der Waals surface area contributed by atoms with Crippen LogP contribution in [-0.2, 0) is 20.9 Å². The smallest absolute Gasteiger partial charge is 0.342 e. The number of aryl methyl sites for hydroxylation is 1. The quantitative estimate of drug-likeness (QED) is 0.484. The van der Waals surface area contributed by atoms with Crippen molar-refractivity contribution in [2.45, 2.75) is 40.3 Å². The van der Waals surface area contributed by atoms with Gasteiger partial charge in [-0.1, -0.05) is 19.9 Å². The van der Waals surface area contributed by atoms with Gasteiger partial charge in [0.05, 0.1) is 16.9 Å². The molecule has 0 spiro atoms. The molecule has 0 saturated carbocycles. The highest BCUT2D eigenvalue weighted by molar-refractivity contribution is 7.12. The summed E-state index contributed by atoms with van der Waals surface area (Å²) in [5, 5.41) is 4.72. The Morgan fingerprint density at radius 2 is 2.00 bits per heavy atom. The van der Waals surface area contributed by atoms with Crippen LogP contribution in [0.3, 0.4) is 0 Å². The van der Waals surface area contributed by atoms with Gasteiger partial charge in [-0.05, 0) is 31.2 Å². The highest BCUT2D eigenvalue weighted by Gasteiger charge is 2.28. The largest absolute Gasteiger partial charge is 0.462 e.